The van der Waals surface area contributed by atoms with Crippen LogP contribution in [0.2, 0.25) is 0 Å². The minimum absolute atomic E-state index is 0.212. The van der Waals surface area contributed by atoms with E-state index in [-0.39, 0.29) is 18.6 Å². The highest BCUT2D eigenvalue weighted by molar-refractivity contribution is 5.31. The number of hydrogen-bond donors (Lipinski definition) is 1. The van der Waals surface area contributed by atoms with Crippen molar-refractivity contribution in [2.24, 2.45) is 11.7 Å². The molecule has 0 spiro atoms. The molecule has 0 fully saturated rings. The molecule has 1 aromatic heterocycles. The van der Waals surface area contributed by atoms with E-state index in [9.17, 15) is 0 Å². The highest BCUT2D eigenvalue weighted by Gasteiger charge is 2.17. The lowest BCUT2D eigenvalue weighted by Crippen LogP contribution is -2.16. The molecule has 2 N–H and O–H groups in total. The van der Waals surface area contributed by atoms with Gasteiger partial charge < -0.3 is 19.6 Å². The number of rotatable bonds is 6. The number of nitrogens with two attached hydrogens (primary N) is 1. The molecule has 1 unspecified atom stereocenters. The van der Waals surface area contributed by atoms with E-state index in [1.165, 1.54) is 0 Å². The molecule has 0 radical (unpaired) electrons. The number of hydrogen-bond acceptors (Lipinski definition) is 6. The van der Waals surface area contributed by atoms with E-state index in [2.05, 4.69) is 10.2 Å². The first-order valence-electron chi connectivity index (χ1n) is 6.45. The van der Waals surface area contributed by atoms with E-state index < -0.39 is 0 Å². The molecule has 0 aliphatic carbocycles. The molecule has 20 heavy (non-hydrogen) atoms. The van der Waals surface area contributed by atoms with Crippen LogP contribution >= 0.6 is 0 Å². The van der Waals surface area contributed by atoms with Crippen LogP contribution < -0.4 is 15.2 Å². The number of methoxy groups -OCH3 is 1. The zero-order chi connectivity index (χ0) is 14.5. The maximum absolute atomic E-state index is 5.94. The van der Waals surface area contributed by atoms with Crippen molar-refractivity contribution in [2.45, 2.75) is 26.5 Å². The van der Waals surface area contributed by atoms with Crippen molar-refractivity contribution in [2.75, 3.05) is 7.11 Å². The van der Waals surface area contributed by atoms with Crippen LogP contribution in [0.15, 0.2) is 28.7 Å². The molecule has 0 saturated carbocycles. The predicted octanol–water partition coefficient (Wildman–Crippen LogP) is 2.31. The first-order valence-corrected chi connectivity index (χ1v) is 6.45. The van der Waals surface area contributed by atoms with Crippen molar-refractivity contribution < 1.29 is 13.9 Å². The molecular weight excluding hydrogens is 258 g/mol. The lowest BCUT2D eigenvalue weighted by molar-refractivity contribution is 0.252. The summed E-state index contributed by atoms with van der Waals surface area (Å²) in [7, 11) is 1.62. The minimum atomic E-state index is -0.253. The summed E-state index contributed by atoms with van der Waals surface area (Å²) >= 11 is 0. The SMILES string of the molecule is COc1ccc(OCc2nnc(C(N)C(C)C)o2)cc1. The molecule has 6 heteroatoms. The largest absolute Gasteiger partial charge is 0.497 e. The first-order chi connectivity index (χ1) is 9.60. The quantitative estimate of drug-likeness (QED) is 0.872. The van der Waals surface area contributed by atoms with Crippen LogP contribution in [0.3, 0.4) is 0 Å². The van der Waals surface area contributed by atoms with Gasteiger partial charge in [-0.05, 0) is 30.2 Å². The smallest absolute Gasteiger partial charge is 0.253 e. The van der Waals surface area contributed by atoms with E-state index >= 15 is 0 Å². The van der Waals surface area contributed by atoms with Gasteiger partial charge in [-0.3, -0.25) is 0 Å². The standard InChI is InChI=1S/C14H19N3O3/c1-9(2)13(15)14-17-16-12(20-14)8-19-11-6-4-10(18-3)5-7-11/h4-7,9,13H,8,15H2,1-3H3. The van der Waals surface area contributed by atoms with Gasteiger partial charge in [-0.25, -0.2) is 0 Å². The molecule has 108 valence electrons. The van der Waals surface area contributed by atoms with Crippen LogP contribution in [0.25, 0.3) is 0 Å². The summed E-state index contributed by atoms with van der Waals surface area (Å²) in [5, 5.41) is 7.86. The second-order valence-corrected chi connectivity index (χ2v) is 4.77. The Labute approximate surface area is 117 Å². The third kappa shape index (κ3) is 3.48. The second kappa shape index (κ2) is 6.38. The summed E-state index contributed by atoms with van der Waals surface area (Å²) in [6.07, 6.45) is 0. The van der Waals surface area contributed by atoms with Crippen molar-refractivity contribution in [3.05, 3.63) is 36.0 Å². The Morgan fingerprint density at radius 3 is 2.40 bits per heavy atom. The molecule has 0 aliphatic rings. The summed E-state index contributed by atoms with van der Waals surface area (Å²) in [5.74, 6) is 2.57. The van der Waals surface area contributed by atoms with Crippen molar-refractivity contribution in [1.29, 1.82) is 0 Å². The number of aromatic nitrogens is 2. The van der Waals surface area contributed by atoms with Gasteiger partial charge >= 0.3 is 0 Å². The van der Waals surface area contributed by atoms with Crippen molar-refractivity contribution >= 4 is 0 Å². The zero-order valence-corrected chi connectivity index (χ0v) is 11.9. The maximum atomic E-state index is 5.94. The maximum Gasteiger partial charge on any atom is 0.253 e. The van der Waals surface area contributed by atoms with Gasteiger partial charge in [-0.15, -0.1) is 10.2 Å². The third-order valence-electron chi connectivity index (χ3n) is 2.91. The lowest BCUT2D eigenvalue weighted by Gasteiger charge is -2.09. The van der Waals surface area contributed by atoms with Crippen LogP contribution in [-0.2, 0) is 6.61 Å². The van der Waals surface area contributed by atoms with E-state index in [1.807, 2.05) is 38.1 Å². The molecule has 2 rings (SSSR count). The second-order valence-electron chi connectivity index (χ2n) is 4.77. The summed E-state index contributed by atoms with van der Waals surface area (Å²) in [5.41, 5.74) is 5.94. The Hall–Kier alpha value is -2.08. The van der Waals surface area contributed by atoms with Gasteiger partial charge in [0.15, 0.2) is 6.61 Å². The van der Waals surface area contributed by atoms with E-state index in [4.69, 9.17) is 19.6 Å². The van der Waals surface area contributed by atoms with E-state index in [0.717, 1.165) is 5.75 Å². The average Bonchev–Trinajstić information content (AvgIpc) is 2.93. The zero-order valence-electron chi connectivity index (χ0n) is 11.9. The highest BCUT2D eigenvalue weighted by atomic mass is 16.5. The third-order valence-corrected chi connectivity index (χ3v) is 2.91. The molecule has 1 aromatic carbocycles. The van der Waals surface area contributed by atoms with E-state index in [0.29, 0.717) is 17.5 Å². The average molecular weight is 277 g/mol. The Balaban J connectivity index is 1.93. The number of benzene rings is 1. The van der Waals surface area contributed by atoms with Crippen molar-refractivity contribution in [3.8, 4) is 11.5 Å². The molecule has 2 aromatic rings. The Morgan fingerprint density at radius 1 is 1.15 bits per heavy atom. The van der Waals surface area contributed by atoms with Gasteiger partial charge in [0, 0.05) is 0 Å². The minimum Gasteiger partial charge on any atom is -0.497 e. The van der Waals surface area contributed by atoms with Gasteiger partial charge in [0.25, 0.3) is 5.89 Å². The Bertz CT molecular complexity index is 537. The molecule has 6 nitrogen and oxygen atoms in total. The van der Waals surface area contributed by atoms with Gasteiger partial charge in [0.1, 0.15) is 11.5 Å². The summed E-state index contributed by atoms with van der Waals surface area (Å²) in [4.78, 5) is 0. The first kappa shape index (κ1) is 14.3. The van der Waals surface area contributed by atoms with Crippen LogP contribution in [0, 0.1) is 5.92 Å². The monoisotopic (exact) mass is 277 g/mol. The van der Waals surface area contributed by atoms with Gasteiger partial charge in [0.2, 0.25) is 5.89 Å². The van der Waals surface area contributed by atoms with Gasteiger partial charge in [0.05, 0.1) is 13.2 Å². The van der Waals surface area contributed by atoms with Crippen molar-refractivity contribution in [1.82, 2.24) is 10.2 Å². The molecule has 0 saturated heterocycles. The molecular formula is C14H19N3O3. The Kier molecular flexibility index (Phi) is 4.57. The molecule has 0 aliphatic heterocycles. The van der Waals surface area contributed by atoms with Crippen molar-refractivity contribution in [3.63, 3.8) is 0 Å². The normalized spacial score (nSPS) is 12.4. The molecule has 1 heterocycles. The molecule has 0 amide bonds. The predicted molar refractivity (Wildman–Crippen MR) is 73.4 cm³/mol. The topological polar surface area (TPSA) is 83.4 Å². The Morgan fingerprint density at radius 2 is 1.80 bits per heavy atom. The number of nitrogens with zero attached hydrogens (tertiary/aromatic N) is 2. The summed E-state index contributed by atoms with van der Waals surface area (Å²) in [6, 6.07) is 7.02. The lowest BCUT2D eigenvalue weighted by atomic mass is 10.1. The van der Waals surface area contributed by atoms with Gasteiger partial charge in [-0.2, -0.15) is 0 Å². The van der Waals surface area contributed by atoms with Gasteiger partial charge in [-0.1, -0.05) is 13.8 Å². The highest BCUT2D eigenvalue weighted by Crippen LogP contribution is 2.20. The summed E-state index contributed by atoms with van der Waals surface area (Å²) < 4.78 is 16.1. The molecule has 0 bridgehead atoms. The molecule has 1 atom stereocenters. The number of ether oxygens (including phenoxy) is 2. The fourth-order valence-corrected chi connectivity index (χ4v) is 1.56. The summed E-state index contributed by atoms with van der Waals surface area (Å²) in [6.45, 7) is 4.22. The van der Waals surface area contributed by atoms with Crippen LogP contribution in [0.5, 0.6) is 11.5 Å². The van der Waals surface area contributed by atoms with Crippen LogP contribution in [0.1, 0.15) is 31.7 Å². The van der Waals surface area contributed by atoms with Crippen LogP contribution in [-0.4, -0.2) is 17.3 Å². The van der Waals surface area contributed by atoms with Crippen LogP contribution in [0.4, 0.5) is 0 Å². The van der Waals surface area contributed by atoms with E-state index in [1.54, 1.807) is 7.11 Å². The fourth-order valence-electron chi connectivity index (χ4n) is 1.56. The fraction of sp³-hybridized carbons (Fsp3) is 0.429.